The molecule has 4 nitrogen and oxygen atoms in total. The Kier molecular flexibility index (Phi) is 4.46. The number of sulfonamides is 1. The van der Waals surface area contributed by atoms with Crippen molar-refractivity contribution in [2.45, 2.75) is 17.2 Å². The summed E-state index contributed by atoms with van der Waals surface area (Å²) in [5, 5.41) is 0. The molecule has 0 bridgehead atoms. The molecule has 1 N–H and O–H groups in total. The molecule has 0 radical (unpaired) electrons. The van der Waals surface area contributed by atoms with Gasteiger partial charge in [0.15, 0.2) is 0 Å². The summed E-state index contributed by atoms with van der Waals surface area (Å²) in [6.07, 6.45) is -0.0986. The van der Waals surface area contributed by atoms with Gasteiger partial charge in [0.1, 0.15) is 0 Å². The lowest BCUT2D eigenvalue weighted by atomic mass is 10.0. The molecule has 1 amide bonds. The molecule has 0 unspecified atom stereocenters. The molecule has 1 aromatic carbocycles. The third kappa shape index (κ3) is 3.48. The molecule has 0 spiro atoms. The maximum atomic E-state index is 12.0. The number of alkyl halides is 1. The minimum atomic E-state index is -3.73. The van der Waals surface area contributed by atoms with Crippen LogP contribution in [0.1, 0.15) is 17.9 Å². The molecule has 1 aliphatic rings. The van der Waals surface area contributed by atoms with Crippen LogP contribution in [0.5, 0.6) is 0 Å². The monoisotopic (exact) mass is 303 g/mol. The number of nitrogens with one attached hydrogen (secondary N) is 1. The molecule has 104 valence electrons. The van der Waals surface area contributed by atoms with Gasteiger partial charge in [-0.15, -0.1) is 11.8 Å². The molecule has 0 aromatic heterocycles. The average Bonchev–Trinajstić information content (AvgIpc) is 2.80. The minimum Gasteiger partial charge on any atom is -0.273 e. The van der Waals surface area contributed by atoms with Crippen molar-refractivity contribution < 1.29 is 17.6 Å². The first kappa shape index (κ1) is 14.3. The molecule has 1 heterocycles. The maximum absolute atomic E-state index is 12.0. The first-order valence-electron chi connectivity index (χ1n) is 5.85. The summed E-state index contributed by atoms with van der Waals surface area (Å²) in [6.45, 7) is -0.711. The van der Waals surface area contributed by atoms with Gasteiger partial charge < -0.3 is 0 Å². The third-order valence-corrected chi connectivity index (χ3v) is 5.34. The summed E-state index contributed by atoms with van der Waals surface area (Å²) >= 11 is 1.53. The number of fused-ring (bicyclic) bond motifs is 1. The Labute approximate surface area is 115 Å². The number of rotatable bonds is 5. The Morgan fingerprint density at radius 2 is 2.16 bits per heavy atom. The fraction of sp³-hybridized carbons (Fsp3) is 0.417. The maximum Gasteiger partial charge on any atom is 0.241 e. The summed E-state index contributed by atoms with van der Waals surface area (Å²) in [5.74, 6) is -0.821. The molecule has 19 heavy (non-hydrogen) atoms. The van der Waals surface area contributed by atoms with E-state index >= 15 is 0 Å². The highest BCUT2D eigenvalue weighted by Crippen LogP contribution is 2.39. The topological polar surface area (TPSA) is 63.2 Å². The summed E-state index contributed by atoms with van der Waals surface area (Å²) in [6, 6.07) is 7.44. The SMILES string of the molecule is O=C(NS(=O)(=O)CCCF)[C@H]1CSc2ccccc21. The van der Waals surface area contributed by atoms with Gasteiger partial charge in [-0.25, -0.2) is 8.42 Å². The van der Waals surface area contributed by atoms with Crippen molar-refractivity contribution in [3.8, 4) is 0 Å². The number of halogens is 1. The molecule has 0 saturated heterocycles. The van der Waals surface area contributed by atoms with Crippen molar-refractivity contribution in [1.29, 1.82) is 0 Å². The Morgan fingerprint density at radius 3 is 2.89 bits per heavy atom. The van der Waals surface area contributed by atoms with Gasteiger partial charge >= 0.3 is 0 Å². The molecule has 2 rings (SSSR count). The van der Waals surface area contributed by atoms with Crippen LogP contribution in [0.2, 0.25) is 0 Å². The number of carbonyl (C=O) groups is 1. The number of benzene rings is 1. The van der Waals surface area contributed by atoms with E-state index in [4.69, 9.17) is 0 Å². The molecular formula is C12H14FNO3S2. The summed E-state index contributed by atoms with van der Waals surface area (Å²) < 4.78 is 37.1. The highest BCUT2D eigenvalue weighted by atomic mass is 32.2. The van der Waals surface area contributed by atoms with Crippen molar-refractivity contribution in [2.75, 3.05) is 18.2 Å². The third-order valence-electron chi connectivity index (χ3n) is 2.82. The number of amides is 1. The predicted octanol–water partition coefficient (Wildman–Crippen LogP) is 1.68. The van der Waals surface area contributed by atoms with Crippen LogP contribution in [-0.2, 0) is 14.8 Å². The number of thioether (sulfide) groups is 1. The fourth-order valence-corrected chi connectivity index (χ4v) is 4.17. The van der Waals surface area contributed by atoms with E-state index in [0.717, 1.165) is 10.5 Å². The fourth-order valence-electron chi connectivity index (χ4n) is 1.90. The van der Waals surface area contributed by atoms with Gasteiger partial charge in [0.25, 0.3) is 0 Å². The molecule has 0 fully saturated rings. The van der Waals surface area contributed by atoms with E-state index in [1.807, 2.05) is 29.0 Å². The summed E-state index contributed by atoms with van der Waals surface area (Å²) in [7, 11) is -3.73. The highest BCUT2D eigenvalue weighted by Gasteiger charge is 2.31. The van der Waals surface area contributed by atoms with E-state index in [1.54, 1.807) is 0 Å². The van der Waals surface area contributed by atoms with E-state index in [-0.39, 0.29) is 12.2 Å². The van der Waals surface area contributed by atoms with E-state index in [1.165, 1.54) is 11.8 Å². The molecule has 1 atom stereocenters. The zero-order chi connectivity index (χ0) is 13.9. The van der Waals surface area contributed by atoms with Crippen molar-refractivity contribution in [1.82, 2.24) is 4.72 Å². The van der Waals surface area contributed by atoms with Crippen molar-refractivity contribution in [3.63, 3.8) is 0 Å². The standard InChI is InChI=1S/C12H14FNO3S2/c13-6-3-7-19(16,17)14-12(15)10-8-18-11-5-2-1-4-9(10)11/h1-2,4-5,10H,3,6-8H2,(H,14,15)/t10-/m0/s1. The van der Waals surface area contributed by atoms with Crippen molar-refractivity contribution in [2.24, 2.45) is 0 Å². The predicted molar refractivity (Wildman–Crippen MR) is 72.4 cm³/mol. The van der Waals surface area contributed by atoms with Crippen LogP contribution in [0, 0.1) is 0 Å². The second kappa shape index (κ2) is 5.92. The van der Waals surface area contributed by atoms with Gasteiger partial charge in [-0.05, 0) is 18.1 Å². The Hall–Kier alpha value is -1.08. The van der Waals surface area contributed by atoms with Gasteiger partial charge in [-0.2, -0.15) is 0 Å². The molecule has 0 aliphatic carbocycles. The Balaban J connectivity index is 2.06. The Bertz CT molecular complexity index is 574. The lowest BCUT2D eigenvalue weighted by molar-refractivity contribution is -0.120. The van der Waals surface area contributed by atoms with Crippen LogP contribution < -0.4 is 4.72 Å². The largest absolute Gasteiger partial charge is 0.273 e. The number of hydrogen-bond acceptors (Lipinski definition) is 4. The van der Waals surface area contributed by atoms with Gasteiger partial charge in [0, 0.05) is 10.6 Å². The van der Waals surface area contributed by atoms with Crippen LogP contribution in [-0.4, -0.2) is 32.5 Å². The van der Waals surface area contributed by atoms with Crippen molar-refractivity contribution >= 4 is 27.7 Å². The van der Waals surface area contributed by atoms with E-state index < -0.39 is 28.5 Å². The zero-order valence-corrected chi connectivity index (χ0v) is 11.8. The Morgan fingerprint density at radius 1 is 1.42 bits per heavy atom. The summed E-state index contributed by atoms with van der Waals surface area (Å²) in [4.78, 5) is 13.0. The average molecular weight is 303 g/mol. The number of carbonyl (C=O) groups excluding carboxylic acids is 1. The normalized spacial score (nSPS) is 18.1. The quantitative estimate of drug-likeness (QED) is 0.899. The number of hydrogen-bond donors (Lipinski definition) is 1. The lowest BCUT2D eigenvalue weighted by Crippen LogP contribution is -2.36. The molecule has 0 saturated carbocycles. The molecule has 7 heteroatoms. The smallest absolute Gasteiger partial charge is 0.241 e. The summed E-state index contributed by atoms with van der Waals surface area (Å²) in [5.41, 5.74) is 0.852. The van der Waals surface area contributed by atoms with Crippen LogP contribution in [0.3, 0.4) is 0 Å². The van der Waals surface area contributed by atoms with Crippen molar-refractivity contribution in [3.05, 3.63) is 29.8 Å². The van der Waals surface area contributed by atoms with Gasteiger partial charge in [-0.3, -0.25) is 13.9 Å². The second-order valence-corrected chi connectivity index (χ2v) is 7.13. The first-order valence-corrected chi connectivity index (χ1v) is 8.49. The second-order valence-electron chi connectivity index (χ2n) is 4.23. The lowest BCUT2D eigenvalue weighted by Gasteiger charge is -2.11. The first-order chi connectivity index (χ1) is 9.03. The molecular weight excluding hydrogens is 289 g/mol. The van der Waals surface area contributed by atoms with Gasteiger partial charge in [0.2, 0.25) is 15.9 Å². The van der Waals surface area contributed by atoms with E-state index in [2.05, 4.69) is 0 Å². The van der Waals surface area contributed by atoms with E-state index in [9.17, 15) is 17.6 Å². The molecule has 1 aromatic rings. The minimum absolute atomic E-state index is 0.0986. The van der Waals surface area contributed by atoms with E-state index in [0.29, 0.717) is 5.75 Å². The van der Waals surface area contributed by atoms with Gasteiger partial charge in [0.05, 0.1) is 18.3 Å². The van der Waals surface area contributed by atoms with Gasteiger partial charge in [-0.1, -0.05) is 18.2 Å². The zero-order valence-electron chi connectivity index (χ0n) is 10.1. The van der Waals surface area contributed by atoms with Crippen LogP contribution in [0.15, 0.2) is 29.2 Å². The van der Waals surface area contributed by atoms with Crippen LogP contribution in [0.25, 0.3) is 0 Å². The van der Waals surface area contributed by atoms with Crippen LogP contribution in [0.4, 0.5) is 4.39 Å². The highest BCUT2D eigenvalue weighted by molar-refractivity contribution is 7.99. The molecule has 1 aliphatic heterocycles. The van der Waals surface area contributed by atoms with Crippen LogP contribution >= 0.6 is 11.8 Å².